The molecule has 1 N–H and O–H groups in total. The van der Waals surface area contributed by atoms with Crippen molar-refractivity contribution in [3.8, 4) is 0 Å². The van der Waals surface area contributed by atoms with Crippen molar-refractivity contribution in [1.82, 2.24) is 15.1 Å². The van der Waals surface area contributed by atoms with Crippen molar-refractivity contribution in [2.75, 3.05) is 6.54 Å². The lowest BCUT2D eigenvalue weighted by Gasteiger charge is -2.20. The van der Waals surface area contributed by atoms with Crippen LogP contribution in [0.5, 0.6) is 0 Å². The minimum absolute atomic E-state index is 0.250. The number of hydrogen-bond donors (Lipinski definition) is 1. The molecular formula is C15H19BrClN3. The molecule has 108 valence electrons. The van der Waals surface area contributed by atoms with Gasteiger partial charge in [0, 0.05) is 29.5 Å². The van der Waals surface area contributed by atoms with Gasteiger partial charge < -0.3 is 5.32 Å². The molecule has 2 aromatic rings. The van der Waals surface area contributed by atoms with E-state index < -0.39 is 0 Å². The molecule has 1 unspecified atom stereocenters. The van der Waals surface area contributed by atoms with Gasteiger partial charge in [-0.1, -0.05) is 30.7 Å². The molecule has 0 fully saturated rings. The van der Waals surface area contributed by atoms with E-state index in [0.717, 1.165) is 34.4 Å². The van der Waals surface area contributed by atoms with Crippen LogP contribution in [0.1, 0.15) is 30.6 Å². The Balaban J connectivity index is 2.14. The zero-order valence-corrected chi connectivity index (χ0v) is 14.1. The van der Waals surface area contributed by atoms with Crippen molar-refractivity contribution in [2.45, 2.75) is 25.8 Å². The maximum atomic E-state index is 6.41. The van der Waals surface area contributed by atoms with E-state index in [1.54, 1.807) is 0 Å². The van der Waals surface area contributed by atoms with Gasteiger partial charge in [0.05, 0.1) is 5.02 Å². The number of nitrogens with zero attached hydrogens (tertiary/aromatic N) is 2. The van der Waals surface area contributed by atoms with Crippen LogP contribution in [0.25, 0.3) is 0 Å². The second-order valence-electron chi connectivity index (χ2n) is 4.74. The monoisotopic (exact) mass is 355 g/mol. The lowest BCUT2D eigenvalue weighted by molar-refractivity contribution is 0.506. The first-order valence-electron chi connectivity index (χ1n) is 6.77. The Labute approximate surface area is 133 Å². The van der Waals surface area contributed by atoms with E-state index in [1.807, 2.05) is 30.1 Å². The summed E-state index contributed by atoms with van der Waals surface area (Å²) in [4.78, 5) is 0. The quantitative estimate of drug-likeness (QED) is 0.844. The highest BCUT2D eigenvalue weighted by Crippen LogP contribution is 2.32. The Kier molecular flexibility index (Phi) is 5.64. The molecule has 1 heterocycles. The number of rotatable bonds is 6. The van der Waals surface area contributed by atoms with Gasteiger partial charge >= 0.3 is 0 Å². The third-order valence-corrected chi connectivity index (χ3v) is 4.73. The van der Waals surface area contributed by atoms with E-state index in [1.165, 1.54) is 5.69 Å². The number of halogens is 2. The molecule has 0 aliphatic carbocycles. The van der Waals surface area contributed by atoms with Crippen LogP contribution in [-0.4, -0.2) is 16.3 Å². The highest BCUT2D eigenvalue weighted by Gasteiger charge is 2.15. The molecule has 0 aliphatic rings. The van der Waals surface area contributed by atoms with Crippen LogP contribution in [0.15, 0.2) is 34.9 Å². The summed E-state index contributed by atoms with van der Waals surface area (Å²) >= 11 is 9.90. The smallest absolute Gasteiger partial charge is 0.0595 e. The summed E-state index contributed by atoms with van der Waals surface area (Å²) in [5, 5.41) is 8.52. The van der Waals surface area contributed by atoms with E-state index >= 15 is 0 Å². The molecule has 3 nitrogen and oxygen atoms in total. The number of nitrogens with one attached hydrogen (secondary N) is 1. The van der Waals surface area contributed by atoms with Crippen LogP contribution >= 0.6 is 27.5 Å². The normalized spacial score (nSPS) is 12.6. The van der Waals surface area contributed by atoms with E-state index in [9.17, 15) is 0 Å². The fourth-order valence-corrected chi connectivity index (χ4v) is 2.98. The predicted molar refractivity (Wildman–Crippen MR) is 87.1 cm³/mol. The Hall–Kier alpha value is -0.840. The summed E-state index contributed by atoms with van der Waals surface area (Å²) in [5.41, 5.74) is 2.38. The standard InChI is InChI=1S/C15H19BrClN3/c1-3-18-14(8-7-11-9-10-19-20(11)2)12-5-4-6-13(16)15(12)17/h4-6,9-10,14,18H,3,7-8H2,1-2H3. The van der Waals surface area contributed by atoms with Gasteiger partial charge in [0.1, 0.15) is 0 Å². The lowest BCUT2D eigenvalue weighted by Crippen LogP contribution is -2.22. The third-order valence-electron chi connectivity index (χ3n) is 3.42. The molecule has 0 saturated carbocycles. The van der Waals surface area contributed by atoms with Crippen molar-refractivity contribution in [1.29, 1.82) is 0 Å². The van der Waals surface area contributed by atoms with Gasteiger partial charge in [-0.05, 0) is 53.0 Å². The van der Waals surface area contributed by atoms with Crippen LogP contribution in [0, 0.1) is 0 Å². The maximum Gasteiger partial charge on any atom is 0.0595 e. The third kappa shape index (κ3) is 3.62. The van der Waals surface area contributed by atoms with Gasteiger partial charge in [0.25, 0.3) is 0 Å². The first-order valence-corrected chi connectivity index (χ1v) is 7.94. The Morgan fingerprint density at radius 1 is 1.40 bits per heavy atom. The van der Waals surface area contributed by atoms with Crippen molar-refractivity contribution >= 4 is 27.5 Å². The van der Waals surface area contributed by atoms with Crippen LogP contribution in [0.3, 0.4) is 0 Å². The first kappa shape index (κ1) is 15.5. The number of aromatic nitrogens is 2. The van der Waals surface area contributed by atoms with Crippen molar-refractivity contribution in [3.05, 3.63) is 51.2 Å². The van der Waals surface area contributed by atoms with Crippen LogP contribution in [0.4, 0.5) is 0 Å². The van der Waals surface area contributed by atoms with Gasteiger partial charge in [-0.15, -0.1) is 0 Å². The van der Waals surface area contributed by atoms with Gasteiger partial charge in [0.15, 0.2) is 0 Å². The predicted octanol–water partition coefficient (Wildman–Crippen LogP) is 4.12. The Bertz CT molecular complexity index is 568. The molecule has 20 heavy (non-hydrogen) atoms. The molecule has 5 heteroatoms. The molecule has 1 aromatic heterocycles. The minimum atomic E-state index is 0.250. The molecule has 1 aromatic carbocycles. The fraction of sp³-hybridized carbons (Fsp3) is 0.400. The van der Waals surface area contributed by atoms with Gasteiger partial charge in [-0.25, -0.2) is 0 Å². The average molecular weight is 357 g/mol. The SMILES string of the molecule is CCNC(CCc1ccnn1C)c1cccc(Br)c1Cl. The van der Waals surface area contributed by atoms with Crippen LogP contribution in [0.2, 0.25) is 5.02 Å². The maximum absolute atomic E-state index is 6.41. The first-order chi connectivity index (χ1) is 9.63. The fourth-order valence-electron chi connectivity index (χ4n) is 2.34. The highest BCUT2D eigenvalue weighted by atomic mass is 79.9. The average Bonchev–Trinajstić information content (AvgIpc) is 2.84. The van der Waals surface area contributed by atoms with Crippen molar-refractivity contribution in [3.63, 3.8) is 0 Å². The number of benzene rings is 1. The molecule has 2 rings (SSSR count). The van der Waals surface area contributed by atoms with E-state index in [0.29, 0.717) is 0 Å². The van der Waals surface area contributed by atoms with Gasteiger partial charge in [-0.2, -0.15) is 5.10 Å². The second-order valence-corrected chi connectivity index (χ2v) is 5.97. The number of hydrogen-bond acceptors (Lipinski definition) is 2. The van der Waals surface area contributed by atoms with Crippen molar-refractivity contribution < 1.29 is 0 Å². The molecule has 0 saturated heterocycles. The number of aryl methyl sites for hydroxylation is 2. The summed E-state index contributed by atoms with van der Waals surface area (Å²) in [6.45, 7) is 3.03. The molecule has 1 atom stereocenters. The summed E-state index contributed by atoms with van der Waals surface area (Å²) in [6.07, 6.45) is 3.80. The zero-order valence-electron chi connectivity index (χ0n) is 11.7. The zero-order chi connectivity index (χ0) is 14.5. The highest BCUT2D eigenvalue weighted by molar-refractivity contribution is 9.10. The van der Waals surface area contributed by atoms with Gasteiger partial charge in [0.2, 0.25) is 0 Å². The van der Waals surface area contributed by atoms with Crippen LogP contribution < -0.4 is 5.32 Å². The molecular weight excluding hydrogens is 338 g/mol. The van der Waals surface area contributed by atoms with Crippen LogP contribution in [-0.2, 0) is 13.5 Å². The summed E-state index contributed by atoms with van der Waals surface area (Å²) in [7, 11) is 1.98. The topological polar surface area (TPSA) is 29.9 Å². The molecule has 0 bridgehead atoms. The summed E-state index contributed by atoms with van der Waals surface area (Å²) in [6, 6.07) is 8.39. The molecule has 0 spiro atoms. The minimum Gasteiger partial charge on any atom is -0.310 e. The van der Waals surface area contributed by atoms with Gasteiger partial charge in [-0.3, -0.25) is 4.68 Å². The van der Waals surface area contributed by atoms with E-state index in [-0.39, 0.29) is 6.04 Å². The Morgan fingerprint density at radius 2 is 2.20 bits per heavy atom. The molecule has 0 amide bonds. The summed E-state index contributed by atoms with van der Waals surface area (Å²) < 4.78 is 2.87. The second kappa shape index (κ2) is 7.25. The Morgan fingerprint density at radius 3 is 2.85 bits per heavy atom. The lowest BCUT2D eigenvalue weighted by atomic mass is 10.0. The molecule has 0 radical (unpaired) electrons. The van der Waals surface area contributed by atoms with E-state index in [4.69, 9.17) is 11.6 Å². The largest absolute Gasteiger partial charge is 0.310 e. The summed E-state index contributed by atoms with van der Waals surface area (Å²) in [5.74, 6) is 0. The van der Waals surface area contributed by atoms with Crippen molar-refractivity contribution in [2.24, 2.45) is 7.05 Å². The van der Waals surface area contributed by atoms with E-state index in [2.05, 4.69) is 45.4 Å². The molecule has 0 aliphatic heterocycles.